The van der Waals surface area contributed by atoms with Gasteiger partial charge in [0.2, 0.25) is 0 Å². The van der Waals surface area contributed by atoms with Crippen molar-refractivity contribution in [3.63, 3.8) is 0 Å². The molecule has 0 spiro atoms. The van der Waals surface area contributed by atoms with E-state index in [0.717, 1.165) is 57.2 Å². The Balaban J connectivity index is 1.39. The van der Waals surface area contributed by atoms with Crippen molar-refractivity contribution in [2.45, 2.75) is 52.9 Å². The molecule has 0 aliphatic rings. The molecular weight excluding hydrogens is 541 g/mol. The SMILES string of the molecule is CCOP(=O)(CCCOc1ccc(CCc2ccc3c(cnc4c(CCC(=O)O)ccc(N)c43)n2)c(C)c1)OCC. The lowest BCUT2D eigenvalue weighted by atomic mass is 10.00. The quantitative estimate of drug-likeness (QED) is 0.0699. The number of ether oxygens (including phenoxy) is 1. The normalized spacial score (nSPS) is 11.8. The number of nitrogen functional groups attached to an aromatic ring is 1. The highest BCUT2D eigenvalue weighted by Crippen LogP contribution is 2.48. The first-order chi connectivity index (χ1) is 19.7. The standard InChI is InChI=1S/C31H38N3O6P/c1-4-39-41(37,40-5-2)18-6-17-38-25-13-8-22(21(3)19-25)7-11-24-12-14-26-28(34-24)20-33-31-23(10-16-29(35)36)9-15-27(32)30(26)31/h8-9,12-15,19-20H,4-7,10-11,16-18,32H2,1-3H3,(H,35,36). The van der Waals surface area contributed by atoms with E-state index >= 15 is 0 Å². The van der Waals surface area contributed by atoms with E-state index in [9.17, 15) is 9.36 Å². The Hall–Kier alpha value is -3.52. The number of aryl methyl sites for hydroxylation is 4. The molecule has 3 N–H and O–H groups in total. The molecule has 2 aromatic carbocycles. The number of anilines is 1. The van der Waals surface area contributed by atoms with Gasteiger partial charge in [-0.2, -0.15) is 0 Å². The molecule has 218 valence electrons. The molecule has 0 amide bonds. The fraction of sp³-hybridized carbons (Fsp3) is 0.387. The van der Waals surface area contributed by atoms with Gasteiger partial charge in [-0.1, -0.05) is 18.2 Å². The van der Waals surface area contributed by atoms with Gasteiger partial charge in [-0.3, -0.25) is 19.3 Å². The largest absolute Gasteiger partial charge is 0.494 e. The first-order valence-electron chi connectivity index (χ1n) is 14.0. The number of benzene rings is 2. The number of aliphatic carboxylic acids is 1. The van der Waals surface area contributed by atoms with Gasteiger partial charge in [-0.25, -0.2) is 0 Å². The maximum Gasteiger partial charge on any atom is 0.330 e. The molecule has 4 aromatic rings. The molecular formula is C31H38N3O6P. The second-order valence-corrected chi connectivity index (χ2v) is 12.1. The Kier molecular flexibility index (Phi) is 10.3. The number of hydrogen-bond donors (Lipinski definition) is 2. The van der Waals surface area contributed by atoms with Crippen molar-refractivity contribution in [1.82, 2.24) is 9.97 Å². The third-order valence-electron chi connectivity index (χ3n) is 6.93. The van der Waals surface area contributed by atoms with Crippen molar-refractivity contribution in [2.75, 3.05) is 31.7 Å². The Labute approximate surface area is 240 Å². The fourth-order valence-corrected chi connectivity index (χ4v) is 6.56. The van der Waals surface area contributed by atoms with Crippen molar-refractivity contribution in [3.05, 3.63) is 71.0 Å². The molecule has 0 fully saturated rings. The highest BCUT2D eigenvalue weighted by molar-refractivity contribution is 7.53. The predicted octanol–water partition coefficient (Wildman–Crippen LogP) is 6.51. The zero-order valence-electron chi connectivity index (χ0n) is 23.9. The Morgan fingerprint density at radius 3 is 2.46 bits per heavy atom. The molecule has 4 rings (SSSR count). The van der Waals surface area contributed by atoms with Crippen LogP contribution in [-0.2, 0) is 37.7 Å². The third kappa shape index (κ3) is 7.82. The van der Waals surface area contributed by atoms with Gasteiger partial charge >= 0.3 is 13.6 Å². The number of carboxylic acid groups (broad SMARTS) is 1. The summed E-state index contributed by atoms with van der Waals surface area (Å²) in [5.74, 6) is -0.0701. The van der Waals surface area contributed by atoms with Crippen LogP contribution in [0.3, 0.4) is 0 Å². The number of aromatic nitrogens is 2. The highest BCUT2D eigenvalue weighted by atomic mass is 31.2. The number of rotatable bonds is 15. The van der Waals surface area contributed by atoms with E-state index in [0.29, 0.717) is 44.5 Å². The monoisotopic (exact) mass is 579 g/mol. The van der Waals surface area contributed by atoms with Crippen LogP contribution in [0.4, 0.5) is 5.69 Å². The van der Waals surface area contributed by atoms with Crippen molar-refractivity contribution in [3.8, 4) is 5.75 Å². The molecule has 0 radical (unpaired) electrons. The van der Waals surface area contributed by atoms with E-state index in [1.54, 1.807) is 20.0 Å². The van der Waals surface area contributed by atoms with Gasteiger partial charge in [-0.15, -0.1) is 0 Å². The minimum Gasteiger partial charge on any atom is -0.494 e. The third-order valence-corrected chi connectivity index (χ3v) is 9.10. The number of pyridine rings is 2. The fourth-order valence-electron chi connectivity index (χ4n) is 4.93. The van der Waals surface area contributed by atoms with Crippen LogP contribution in [0.15, 0.2) is 48.7 Å². The minimum absolute atomic E-state index is 0.0363. The Morgan fingerprint density at radius 2 is 1.76 bits per heavy atom. The van der Waals surface area contributed by atoms with E-state index in [1.807, 2.05) is 36.4 Å². The molecule has 0 saturated heterocycles. The molecule has 0 unspecified atom stereocenters. The molecule has 10 heteroatoms. The average Bonchev–Trinajstić information content (AvgIpc) is 2.94. The van der Waals surface area contributed by atoms with E-state index in [1.165, 1.54) is 5.56 Å². The van der Waals surface area contributed by atoms with Gasteiger partial charge in [-0.05, 0) is 87.4 Å². The summed E-state index contributed by atoms with van der Waals surface area (Å²) in [5.41, 5.74) is 12.6. The summed E-state index contributed by atoms with van der Waals surface area (Å²) >= 11 is 0. The Morgan fingerprint density at radius 1 is 1.00 bits per heavy atom. The van der Waals surface area contributed by atoms with Crippen molar-refractivity contribution in [2.24, 2.45) is 0 Å². The summed E-state index contributed by atoms with van der Waals surface area (Å²) in [6.45, 7) is 6.81. The number of carboxylic acids is 1. The van der Waals surface area contributed by atoms with Crippen molar-refractivity contribution >= 4 is 41.1 Å². The second-order valence-electron chi connectivity index (χ2n) is 9.89. The number of carbonyl (C=O) groups is 1. The van der Waals surface area contributed by atoms with Gasteiger partial charge in [0, 0.05) is 28.6 Å². The molecule has 0 aliphatic carbocycles. The molecule has 9 nitrogen and oxygen atoms in total. The van der Waals surface area contributed by atoms with Crippen molar-refractivity contribution in [1.29, 1.82) is 0 Å². The van der Waals surface area contributed by atoms with Crippen LogP contribution in [0.2, 0.25) is 0 Å². The molecule has 0 bridgehead atoms. The first-order valence-corrected chi connectivity index (χ1v) is 15.7. The summed E-state index contributed by atoms with van der Waals surface area (Å²) in [6, 6.07) is 13.8. The van der Waals surface area contributed by atoms with Crippen LogP contribution < -0.4 is 10.5 Å². The molecule has 2 heterocycles. The Bertz CT molecular complexity index is 1570. The van der Waals surface area contributed by atoms with E-state index in [-0.39, 0.29) is 6.42 Å². The van der Waals surface area contributed by atoms with E-state index < -0.39 is 13.6 Å². The van der Waals surface area contributed by atoms with Crippen LogP contribution in [0.25, 0.3) is 21.8 Å². The molecule has 0 aliphatic heterocycles. The van der Waals surface area contributed by atoms with Crippen LogP contribution in [0.5, 0.6) is 5.75 Å². The van der Waals surface area contributed by atoms with Gasteiger partial charge < -0.3 is 24.6 Å². The van der Waals surface area contributed by atoms with Gasteiger partial charge in [0.1, 0.15) is 5.75 Å². The van der Waals surface area contributed by atoms with Gasteiger partial charge in [0.25, 0.3) is 0 Å². The van der Waals surface area contributed by atoms with E-state index in [2.05, 4.69) is 18.0 Å². The lowest BCUT2D eigenvalue weighted by molar-refractivity contribution is -0.136. The number of nitrogens with two attached hydrogens (primary N) is 1. The number of nitrogens with zero attached hydrogens (tertiary/aromatic N) is 2. The minimum atomic E-state index is -3.05. The highest BCUT2D eigenvalue weighted by Gasteiger charge is 2.22. The summed E-state index contributed by atoms with van der Waals surface area (Å²) < 4.78 is 29.1. The summed E-state index contributed by atoms with van der Waals surface area (Å²) in [6.07, 6.45) is 4.65. The van der Waals surface area contributed by atoms with Crippen LogP contribution in [0, 0.1) is 6.92 Å². The lowest BCUT2D eigenvalue weighted by Crippen LogP contribution is -2.05. The van der Waals surface area contributed by atoms with E-state index in [4.69, 9.17) is 29.6 Å². The molecule has 0 saturated carbocycles. The summed E-state index contributed by atoms with van der Waals surface area (Å²) in [5, 5.41) is 10.8. The zero-order chi connectivity index (χ0) is 29.4. The molecule has 41 heavy (non-hydrogen) atoms. The average molecular weight is 580 g/mol. The summed E-state index contributed by atoms with van der Waals surface area (Å²) in [4.78, 5) is 20.5. The topological polar surface area (TPSA) is 134 Å². The maximum absolute atomic E-state index is 12.6. The summed E-state index contributed by atoms with van der Waals surface area (Å²) in [7, 11) is -3.05. The predicted molar refractivity (Wildman–Crippen MR) is 162 cm³/mol. The van der Waals surface area contributed by atoms with Gasteiger partial charge in [0.05, 0.1) is 43.2 Å². The molecule has 2 aromatic heterocycles. The lowest BCUT2D eigenvalue weighted by Gasteiger charge is -2.17. The number of hydrogen-bond acceptors (Lipinski definition) is 8. The van der Waals surface area contributed by atoms with Gasteiger partial charge in [0.15, 0.2) is 0 Å². The van der Waals surface area contributed by atoms with Crippen molar-refractivity contribution < 1.29 is 28.3 Å². The van der Waals surface area contributed by atoms with Crippen LogP contribution in [-0.4, -0.2) is 47.0 Å². The molecule has 0 atom stereocenters. The smallest absolute Gasteiger partial charge is 0.330 e. The maximum atomic E-state index is 12.6. The first kappa shape index (κ1) is 30.4. The van der Waals surface area contributed by atoms with Crippen LogP contribution >= 0.6 is 7.60 Å². The second kappa shape index (κ2) is 13.9. The van der Waals surface area contributed by atoms with Crippen LogP contribution in [0.1, 0.15) is 49.1 Å². The number of fused-ring (bicyclic) bond motifs is 3. The zero-order valence-corrected chi connectivity index (χ0v) is 24.8.